The first-order valence-corrected chi connectivity index (χ1v) is 8.71. The number of nitrogens with zero attached hydrogens (tertiary/aromatic N) is 3. The minimum absolute atomic E-state index is 0.127. The predicted octanol–water partition coefficient (Wildman–Crippen LogP) is 5.45. The van der Waals surface area contributed by atoms with Gasteiger partial charge in [0.1, 0.15) is 5.75 Å². The molecule has 2 aromatic carbocycles. The van der Waals surface area contributed by atoms with Crippen LogP contribution in [0.25, 0.3) is 0 Å². The van der Waals surface area contributed by atoms with Crippen molar-refractivity contribution < 1.29 is 4.74 Å². The summed E-state index contributed by atoms with van der Waals surface area (Å²) in [4.78, 5) is 4.38. The summed E-state index contributed by atoms with van der Waals surface area (Å²) in [6, 6.07) is 12.8. The van der Waals surface area contributed by atoms with E-state index in [0.29, 0.717) is 27.5 Å². The molecule has 0 atom stereocenters. The van der Waals surface area contributed by atoms with Crippen LogP contribution in [0.2, 0.25) is 10.0 Å². The summed E-state index contributed by atoms with van der Waals surface area (Å²) in [5, 5.41) is 15.0. The Kier molecular flexibility index (Phi) is 5.75. The molecule has 0 aliphatic rings. The molecule has 0 aliphatic carbocycles. The number of aromatic nitrogens is 3. The first-order chi connectivity index (χ1) is 12.5. The summed E-state index contributed by atoms with van der Waals surface area (Å²) in [7, 11) is 0. The van der Waals surface area contributed by atoms with Crippen molar-refractivity contribution in [2.75, 3.05) is 10.6 Å². The van der Waals surface area contributed by atoms with Crippen molar-refractivity contribution >= 4 is 46.3 Å². The smallest absolute Gasteiger partial charge is 0.249 e. The second kappa shape index (κ2) is 8.21. The molecule has 6 nitrogen and oxygen atoms in total. The van der Waals surface area contributed by atoms with Gasteiger partial charge in [-0.2, -0.15) is 10.1 Å². The van der Waals surface area contributed by atoms with Crippen molar-refractivity contribution in [3.63, 3.8) is 0 Å². The summed E-state index contributed by atoms with van der Waals surface area (Å²) in [5.74, 6) is 1.65. The second-order valence-electron chi connectivity index (χ2n) is 5.71. The highest BCUT2D eigenvalue weighted by atomic mass is 35.5. The number of ether oxygens (including phenoxy) is 1. The molecule has 0 bridgehead atoms. The average Bonchev–Trinajstić information content (AvgIpc) is 2.61. The molecule has 26 heavy (non-hydrogen) atoms. The summed E-state index contributed by atoms with van der Waals surface area (Å²) in [6.07, 6.45) is 1.63. The Labute approximate surface area is 161 Å². The molecular weight excluding hydrogens is 373 g/mol. The molecule has 3 rings (SSSR count). The van der Waals surface area contributed by atoms with Crippen molar-refractivity contribution in [1.82, 2.24) is 15.2 Å². The number of nitrogens with one attached hydrogen (secondary N) is 2. The third-order valence-electron chi connectivity index (χ3n) is 3.26. The fraction of sp³-hybridized carbons (Fsp3) is 0.167. The highest BCUT2D eigenvalue weighted by molar-refractivity contribution is 6.43. The Hall–Kier alpha value is -2.57. The Balaban J connectivity index is 1.72. The molecule has 3 aromatic rings. The van der Waals surface area contributed by atoms with E-state index in [0.717, 1.165) is 11.4 Å². The van der Waals surface area contributed by atoms with E-state index in [-0.39, 0.29) is 6.10 Å². The predicted molar refractivity (Wildman–Crippen MR) is 105 cm³/mol. The molecule has 1 heterocycles. The molecule has 8 heteroatoms. The van der Waals surface area contributed by atoms with Crippen molar-refractivity contribution in [2.45, 2.75) is 20.0 Å². The summed E-state index contributed by atoms with van der Waals surface area (Å²) >= 11 is 12.2. The van der Waals surface area contributed by atoms with Gasteiger partial charge in [-0.25, -0.2) is 0 Å². The molecule has 1 aromatic heterocycles. The summed E-state index contributed by atoms with van der Waals surface area (Å²) in [5.41, 5.74) is 1.46. The Morgan fingerprint density at radius 2 is 1.77 bits per heavy atom. The van der Waals surface area contributed by atoms with Gasteiger partial charge in [-0.15, -0.1) is 5.10 Å². The Morgan fingerprint density at radius 3 is 2.50 bits per heavy atom. The molecular formula is C18H17Cl2N5O. The van der Waals surface area contributed by atoms with E-state index >= 15 is 0 Å². The maximum absolute atomic E-state index is 6.18. The van der Waals surface area contributed by atoms with E-state index < -0.39 is 0 Å². The quantitative estimate of drug-likeness (QED) is 0.583. The zero-order valence-corrected chi connectivity index (χ0v) is 15.7. The molecule has 0 unspecified atom stereocenters. The third-order valence-corrected chi connectivity index (χ3v) is 4.07. The van der Waals surface area contributed by atoms with Crippen LogP contribution in [0.15, 0.2) is 48.7 Å². The Morgan fingerprint density at radius 1 is 1.00 bits per heavy atom. The van der Waals surface area contributed by atoms with Gasteiger partial charge in [0.05, 0.1) is 28.0 Å². The maximum Gasteiger partial charge on any atom is 0.249 e. The molecule has 134 valence electrons. The average molecular weight is 390 g/mol. The lowest BCUT2D eigenvalue weighted by atomic mass is 10.3. The van der Waals surface area contributed by atoms with E-state index in [1.54, 1.807) is 18.2 Å². The second-order valence-corrected chi connectivity index (χ2v) is 6.49. The first kappa shape index (κ1) is 18.2. The highest BCUT2D eigenvalue weighted by Crippen LogP contribution is 2.31. The van der Waals surface area contributed by atoms with Crippen LogP contribution in [-0.2, 0) is 0 Å². The normalized spacial score (nSPS) is 10.7. The van der Waals surface area contributed by atoms with E-state index in [4.69, 9.17) is 27.9 Å². The molecule has 0 amide bonds. The van der Waals surface area contributed by atoms with Crippen LogP contribution < -0.4 is 15.4 Å². The van der Waals surface area contributed by atoms with Gasteiger partial charge >= 0.3 is 0 Å². The number of halogens is 2. The molecule has 2 N–H and O–H groups in total. The van der Waals surface area contributed by atoms with Gasteiger partial charge in [0.2, 0.25) is 5.95 Å². The van der Waals surface area contributed by atoms with E-state index in [1.165, 1.54) is 6.20 Å². The van der Waals surface area contributed by atoms with Gasteiger partial charge in [0, 0.05) is 5.69 Å². The van der Waals surface area contributed by atoms with Crippen LogP contribution in [0.5, 0.6) is 5.75 Å². The molecule has 0 saturated heterocycles. The van der Waals surface area contributed by atoms with Crippen LogP contribution in [0.4, 0.5) is 23.1 Å². The van der Waals surface area contributed by atoms with Crippen LogP contribution in [0, 0.1) is 0 Å². The lowest BCUT2D eigenvalue weighted by Crippen LogP contribution is -2.05. The topological polar surface area (TPSA) is 72.0 Å². The molecule has 0 fully saturated rings. The lowest BCUT2D eigenvalue weighted by Gasteiger charge is -2.11. The van der Waals surface area contributed by atoms with E-state index in [2.05, 4.69) is 25.8 Å². The van der Waals surface area contributed by atoms with Crippen molar-refractivity contribution in [2.24, 2.45) is 0 Å². The Bertz CT molecular complexity index is 887. The van der Waals surface area contributed by atoms with E-state index in [9.17, 15) is 0 Å². The monoisotopic (exact) mass is 389 g/mol. The fourth-order valence-corrected chi connectivity index (χ4v) is 2.52. The SMILES string of the molecule is CC(C)Oc1ccc(Nc2nncc(Nc3cccc(Cl)c3Cl)n2)cc1. The van der Waals surface area contributed by atoms with Crippen molar-refractivity contribution in [1.29, 1.82) is 0 Å². The zero-order valence-electron chi connectivity index (χ0n) is 14.2. The minimum atomic E-state index is 0.127. The number of benzene rings is 2. The van der Waals surface area contributed by atoms with Crippen molar-refractivity contribution in [3.05, 3.63) is 58.7 Å². The maximum atomic E-state index is 6.18. The largest absolute Gasteiger partial charge is 0.491 e. The van der Waals surface area contributed by atoms with Gasteiger partial charge in [-0.1, -0.05) is 29.3 Å². The zero-order chi connectivity index (χ0) is 18.5. The van der Waals surface area contributed by atoms with Crippen molar-refractivity contribution in [3.8, 4) is 5.75 Å². The summed E-state index contributed by atoms with van der Waals surface area (Å²) < 4.78 is 5.62. The van der Waals surface area contributed by atoms with Gasteiger partial charge in [0.15, 0.2) is 5.82 Å². The van der Waals surface area contributed by atoms with Gasteiger partial charge in [-0.3, -0.25) is 0 Å². The number of rotatable bonds is 6. The molecule has 0 radical (unpaired) electrons. The van der Waals surface area contributed by atoms with Crippen LogP contribution in [-0.4, -0.2) is 21.3 Å². The fourth-order valence-electron chi connectivity index (χ4n) is 2.17. The minimum Gasteiger partial charge on any atom is -0.491 e. The van der Waals surface area contributed by atoms with E-state index in [1.807, 2.05) is 38.1 Å². The van der Waals surface area contributed by atoms with Crippen LogP contribution in [0.1, 0.15) is 13.8 Å². The van der Waals surface area contributed by atoms with Gasteiger partial charge in [-0.05, 0) is 50.2 Å². The number of hydrogen-bond acceptors (Lipinski definition) is 6. The summed E-state index contributed by atoms with van der Waals surface area (Å²) in [6.45, 7) is 3.96. The molecule has 0 saturated carbocycles. The van der Waals surface area contributed by atoms with Gasteiger partial charge < -0.3 is 15.4 Å². The number of anilines is 4. The lowest BCUT2D eigenvalue weighted by molar-refractivity contribution is 0.242. The standard InChI is InChI=1S/C18H17Cl2N5O/c1-11(2)26-13-8-6-12(7-9-13)22-18-24-16(10-21-25-18)23-15-5-3-4-14(19)17(15)20/h3-11H,1-2H3,(H2,22,23,24,25). The third kappa shape index (κ3) is 4.74. The van der Waals surface area contributed by atoms with Crippen LogP contribution >= 0.6 is 23.2 Å². The highest BCUT2D eigenvalue weighted by Gasteiger charge is 2.07. The first-order valence-electron chi connectivity index (χ1n) is 7.96. The van der Waals surface area contributed by atoms with Crippen LogP contribution in [0.3, 0.4) is 0 Å². The van der Waals surface area contributed by atoms with Gasteiger partial charge in [0.25, 0.3) is 0 Å². The molecule has 0 spiro atoms. The number of hydrogen-bond donors (Lipinski definition) is 2. The molecule has 0 aliphatic heterocycles.